The number of hydrogen-bond acceptors (Lipinski definition) is 4. The summed E-state index contributed by atoms with van der Waals surface area (Å²) in [5.74, 6) is 1.32. The van der Waals surface area contributed by atoms with Crippen LogP contribution in [0, 0.1) is 0 Å². The van der Waals surface area contributed by atoms with E-state index in [9.17, 15) is 0 Å². The first-order valence-electron chi connectivity index (χ1n) is 14.7. The molecule has 5 aromatic carbocycles. The molecule has 5 heteroatoms. The number of hydrogen-bond donors (Lipinski definition) is 0. The van der Waals surface area contributed by atoms with Crippen LogP contribution in [0.2, 0.25) is 0 Å². The van der Waals surface area contributed by atoms with Gasteiger partial charge >= 0.3 is 6.01 Å². The molecule has 204 valence electrons. The Labute approximate surface area is 245 Å². The van der Waals surface area contributed by atoms with Crippen molar-refractivity contribution in [1.29, 1.82) is 0 Å². The summed E-state index contributed by atoms with van der Waals surface area (Å²) in [6, 6.07) is 33.9. The minimum absolute atomic E-state index is 0.303. The summed E-state index contributed by atoms with van der Waals surface area (Å²) in [7, 11) is 0. The number of fused-ring (bicyclic) bond motifs is 12. The van der Waals surface area contributed by atoms with Crippen LogP contribution in [0.25, 0.3) is 89.0 Å². The van der Waals surface area contributed by atoms with Gasteiger partial charge in [-0.1, -0.05) is 85.8 Å². The Morgan fingerprint density at radius 1 is 0.698 bits per heavy atom. The highest BCUT2D eigenvalue weighted by Crippen LogP contribution is 2.45. The maximum Gasteiger partial charge on any atom is 0.307 e. The summed E-state index contributed by atoms with van der Waals surface area (Å²) in [5.41, 5.74) is 9.27. The molecule has 1 aliphatic rings. The fourth-order valence-electron chi connectivity index (χ4n) is 7.08. The van der Waals surface area contributed by atoms with Crippen molar-refractivity contribution in [2.45, 2.75) is 19.3 Å². The van der Waals surface area contributed by atoms with E-state index in [0.29, 0.717) is 11.9 Å². The van der Waals surface area contributed by atoms with Crippen LogP contribution in [0.4, 0.5) is 0 Å². The number of aromatic nitrogens is 2. The van der Waals surface area contributed by atoms with Gasteiger partial charge in [-0.15, -0.1) is 0 Å². The zero-order chi connectivity index (χ0) is 28.2. The fourth-order valence-corrected chi connectivity index (χ4v) is 7.08. The summed E-state index contributed by atoms with van der Waals surface area (Å²) < 4.78 is 22.0. The van der Waals surface area contributed by atoms with Gasteiger partial charge in [-0.2, -0.15) is 4.98 Å². The number of benzene rings is 5. The molecule has 9 aromatic rings. The Bertz CT molecular complexity index is 2610. The molecule has 10 rings (SSSR count). The molecule has 1 atom stereocenters. The van der Waals surface area contributed by atoms with Crippen LogP contribution in [-0.4, -0.2) is 9.55 Å². The molecule has 0 radical (unpaired) electrons. The highest BCUT2D eigenvalue weighted by molar-refractivity contribution is 6.24. The third-order valence-electron chi connectivity index (χ3n) is 9.05. The number of rotatable bonds is 2. The van der Waals surface area contributed by atoms with Crippen molar-refractivity contribution in [3.8, 4) is 17.1 Å². The molecule has 0 fully saturated rings. The van der Waals surface area contributed by atoms with Crippen molar-refractivity contribution in [2.24, 2.45) is 0 Å². The minimum Gasteiger partial charge on any atom is -0.460 e. The van der Waals surface area contributed by atoms with E-state index in [1.165, 1.54) is 0 Å². The largest absolute Gasteiger partial charge is 0.460 e. The Morgan fingerprint density at radius 3 is 2.42 bits per heavy atom. The van der Waals surface area contributed by atoms with Gasteiger partial charge in [0.2, 0.25) is 0 Å². The van der Waals surface area contributed by atoms with Gasteiger partial charge in [0.25, 0.3) is 0 Å². The monoisotopic (exact) mass is 556 g/mol. The summed E-state index contributed by atoms with van der Waals surface area (Å²) >= 11 is 0. The summed E-state index contributed by atoms with van der Waals surface area (Å²) in [6.07, 6.45) is 5.37. The fraction of sp³-hybridized carbons (Fsp3) is 0.0789. The van der Waals surface area contributed by atoms with E-state index < -0.39 is 0 Å². The van der Waals surface area contributed by atoms with Gasteiger partial charge in [0, 0.05) is 33.2 Å². The Balaban J connectivity index is 1.35. The molecule has 0 N–H and O–H groups in total. The maximum absolute atomic E-state index is 6.84. The van der Waals surface area contributed by atoms with Crippen LogP contribution in [0.5, 0.6) is 0 Å². The normalized spacial score (nSPS) is 15.1. The van der Waals surface area contributed by atoms with E-state index in [-0.39, 0.29) is 0 Å². The molecular weight excluding hydrogens is 532 g/mol. The van der Waals surface area contributed by atoms with Crippen molar-refractivity contribution in [2.75, 3.05) is 0 Å². The first-order valence-corrected chi connectivity index (χ1v) is 14.7. The van der Waals surface area contributed by atoms with Crippen molar-refractivity contribution >= 4 is 71.9 Å². The smallest absolute Gasteiger partial charge is 0.307 e. The van der Waals surface area contributed by atoms with Gasteiger partial charge in [-0.25, -0.2) is 0 Å². The number of nitrogens with zero attached hydrogens (tertiary/aromatic N) is 2. The predicted molar refractivity (Wildman–Crippen MR) is 173 cm³/mol. The second kappa shape index (κ2) is 8.26. The van der Waals surface area contributed by atoms with Crippen LogP contribution >= 0.6 is 0 Å². The molecule has 1 unspecified atom stereocenters. The Kier molecular flexibility index (Phi) is 4.43. The highest BCUT2D eigenvalue weighted by Gasteiger charge is 2.27. The van der Waals surface area contributed by atoms with E-state index in [4.69, 9.17) is 18.2 Å². The van der Waals surface area contributed by atoms with Gasteiger partial charge in [-0.3, -0.25) is 4.57 Å². The molecule has 0 bridgehead atoms. The summed E-state index contributed by atoms with van der Waals surface area (Å²) in [5, 5.41) is 5.36. The topological polar surface area (TPSA) is 57.2 Å². The van der Waals surface area contributed by atoms with E-state index >= 15 is 0 Å². The van der Waals surface area contributed by atoms with Gasteiger partial charge in [0.05, 0.1) is 21.8 Å². The summed E-state index contributed by atoms with van der Waals surface area (Å²) in [6.45, 7) is 2.21. The van der Waals surface area contributed by atoms with E-state index in [1.54, 1.807) is 0 Å². The number of oxazole rings is 1. The molecular formula is C38H24N2O3. The van der Waals surface area contributed by atoms with Gasteiger partial charge in [-0.05, 0) is 42.3 Å². The van der Waals surface area contributed by atoms with Gasteiger partial charge < -0.3 is 13.3 Å². The maximum atomic E-state index is 6.84. The standard InChI is InChI=1S/C38H24N2O3/c1-21-10-9-15-26-33-31(42-35(21)26)20-27(22-11-3-2-4-12-22)37-34(33)39-38(43-37)40-28-16-7-5-14-25(28)32-29(40)19-18-24-23-13-6-8-17-30(23)41-36(24)32/h2-9,11-21H,10H2,1H3. The zero-order valence-electron chi connectivity index (χ0n) is 23.3. The van der Waals surface area contributed by atoms with Crippen LogP contribution < -0.4 is 0 Å². The van der Waals surface area contributed by atoms with Gasteiger partial charge in [0.1, 0.15) is 28.0 Å². The molecule has 43 heavy (non-hydrogen) atoms. The molecule has 0 amide bonds. The second-order valence-corrected chi connectivity index (χ2v) is 11.5. The summed E-state index contributed by atoms with van der Waals surface area (Å²) in [4.78, 5) is 5.27. The van der Waals surface area contributed by atoms with Crippen LogP contribution in [0.15, 0.2) is 116 Å². The molecule has 4 aromatic heterocycles. The number of para-hydroxylation sites is 2. The van der Waals surface area contributed by atoms with Crippen molar-refractivity contribution in [3.63, 3.8) is 0 Å². The lowest BCUT2D eigenvalue weighted by Gasteiger charge is -2.10. The second-order valence-electron chi connectivity index (χ2n) is 11.5. The van der Waals surface area contributed by atoms with E-state index in [1.807, 2.05) is 30.3 Å². The van der Waals surface area contributed by atoms with E-state index in [0.717, 1.165) is 94.7 Å². The third-order valence-corrected chi connectivity index (χ3v) is 9.05. The van der Waals surface area contributed by atoms with Crippen LogP contribution in [0.3, 0.4) is 0 Å². The zero-order valence-corrected chi connectivity index (χ0v) is 23.3. The molecule has 0 saturated heterocycles. The molecule has 0 aliphatic heterocycles. The van der Waals surface area contributed by atoms with E-state index in [2.05, 4.69) is 90.4 Å². The lowest BCUT2D eigenvalue weighted by molar-refractivity contribution is 0.504. The molecule has 0 spiro atoms. The predicted octanol–water partition coefficient (Wildman–Crippen LogP) is 10.8. The minimum atomic E-state index is 0.303. The van der Waals surface area contributed by atoms with Gasteiger partial charge in [0.15, 0.2) is 5.58 Å². The lowest BCUT2D eigenvalue weighted by Crippen LogP contribution is -1.96. The molecule has 5 nitrogen and oxygen atoms in total. The Hall–Kier alpha value is -5.55. The SMILES string of the molecule is CC1CC=Cc2c1oc1cc(-c3ccccc3)c3oc(-n4c5ccccc5c5c6oc7ccccc7c6ccc54)nc3c21. The molecule has 4 heterocycles. The van der Waals surface area contributed by atoms with Crippen molar-refractivity contribution in [3.05, 3.63) is 114 Å². The molecule has 1 aliphatic carbocycles. The number of allylic oxidation sites excluding steroid dienone is 1. The lowest BCUT2D eigenvalue weighted by atomic mass is 9.93. The first-order chi connectivity index (χ1) is 21.2. The highest BCUT2D eigenvalue weighted by atomic mass is 16.4. The third kappa shape index (κ3) is 3.03. The Morgan fingerprint density at radius 2 is 1.51 bits per heavy atom. The molecule has 0 saturated carbocycles. The van der Waals surface area contributed by atoms with Crippen molar-refractivity contribution in [1.82, 2.24) is 9.55 Å². The first kappa shape index (κ1) is 23.1. The average molecular weight is 557 g/mol. The number of furan rings is 2. The van der Waals surface area contributed by atoms with Crippen LogP contribution in [-0.2, 0) is 0 Å². The van der Waals surface area contributed by atoms with Crippen molar-refractivity contribution < 1.29 is 13.3 Å². The average Bonchev–Trinajstić information content (AvgIpc) is 3.81. The van der Waals surface area contributed by atoms with Crippen LogP contribution in [0.1, 0.15) is 30.6 Å². The quantitative estimate of drug-likeness (QED) is 0.212.